The van der Waals surface area contributed by atoms with Gasteiger partial charge in [0.15, 0.2) is 11.5 Å². The van der Waals surface area contributed by atoms with Crippen molar-refractivity contribution in [3.05, 3.63) is 76.6 Å². The number of nitrogens with zero attached hydrogens (tertiary/aromatic N) is 2. The first kappa shape index (κ1) is 18.6. The van der Waals surface area contributed by atoms with Gasteiger partial charge in [-0.05, 0) is 42.8 Å². The van der Waals surface area contributed by atoms with Gasteiger partial charge in [-0.15, -0.1) is 0 Å². The number of para-hydroxylation sites is 1. The Hall–Kier alpha value is -4.46. The summed E-state index contributed by atoms with van der Waals surface area (Å²) in [6.07, 6.45) is 0. The summed E-state index contributed by atoms with van der Waals surface area (Å²) in [4.78, 5) is 15.4. The van der Waals surface area contributed by atoms with Crippen LogP contribution in [-0.2, 0) is 0 Å². The Bertz CT molecular complexity index is 1520. The van der Waals surface area contributed by atoms with Gasteiger partial charge in [0.2, 0.25) is 0 Å². The molecule has 3 aromatic carbocycles. The maximum atomic E-state index is 12.6. The molecule has 0 bridgehead atoms. The molecule has 2 aromatic heterocycles. The molecule has 5 aromatic rings. The number of nitrogens with two attached hydrogens (primary N) is 1. The van der Waals surface area contributed by atoms with Crippen molar-refractivity contribution >= 4 is 27.6 Å². The summed E-state index contributed by atoms with van der Waals surface area (Å²) < 4.78 is 7.19. The molecule has 0 fully saturated rings. The summed E-state index contributed by atoms with van der Waals surface area (Å²) in [7, 11) is 0. The zero-order valence-electron chi connectivity index (χ0n) is 16.5. The number of nitrogens with one attached hydrogen (secondary N) is 1. The maximum Gasteiger partial charge on any atom is 0.261 e. The van der Waals surface area contributed by atoms with Crippen molar-refractivity contribution < 1.29 is 14.9 Å². The molecule has 0 saturated carbocycles. The molecule has 31 heavy (non-hydrogen) atoms. The highest BCUT2D eigenvalue weighted by Crippen LogP contribution is 2.36. The number of hydrogen-bond donors (Lipinski definition) is 4. The topological polar surface area (TPSA) is 126 Å². The molecule has 0 aliphatic carbocycles. The molecule has 8 heteroatoms. The number of aromatic hydroxyl groups is 2. The lowest BCUT2D eigenvalue weighted by molar-refractivity contribution is 0.410. The van der Waals surface area contributed by atoms with Crippen LogP contribution in [-0.4, -0.2) is 25.0 Å². The third-order valence-electron chi connectivity index (χ3n) is 5.13. The highest BCUT2D eigenvalue weighted by molar-refractivity contribution is 6.07. The Morgan fingerprint density at radius 2 is 1.84 bits per heavy atom. The zero-order valence-corrected chi connectivity index (χ0v) is 16.5. The fourth-order valence-corrected chi connectivity index (χ4v) is 3.64. The predicted molar refractivity (Wildman–Crippen MR) is 118 cm³/mol. The van der Waals surface area contributed by atoms with Crippen LogP contribution in [0.5, 0.6) is 23.0 Å². The average Bonchev–Trinajstić information content (AvgIpc) is 3.09. The van der Waals surface area contributed by atoms with Crippen LogP contribution < -0.4 is 16.0 Å². The Balaban J connectivity index is 1.68. The van der Waals surface area contributed by atoms with E-state index < -0.39 is 5.56 Å². The first-order valence-electron chi connectivity index (χ1n) is 9.52. The molecule has 0 spiro atoms. The second kappa shape index (κ2) is 6.81. The Morgan fingerprint density at radius 3 is 2.61 bits per heavy atom. The summed E-state index contributed by atoms with van der Waals surface area (Å²) in [5.74, 6) is 0.972. The number of nitrogen functional groups attached to an aromatic ring is 1. The first-order chi connectivity index (χ1) is 14.9. The SMILES string of the molecule is Cc1cc(Oc2ccccc2)c(O)cc1-n1nc2c(c1N)c(=O)[nH]c1cc(O)ccc12. The number of H-pyrrole nitrogens is 1. The molecule has 0 radical (unpaired) electrons. The van der Waals surface area contributed by atoms with Gasteiger partial charge in [0.1, 0.15) is 28.2 Å². The molecule has 0 atom stereocenters. The minimum absolute atomic E-state index is 0.0321. The number of aryl methyl sites for hydroxylation is 1. The zero-order chi connectivity index (χ0) is 21.7. The fourth-order valence-electron chi connectivity index (χ4n) is 3.64. The fraction of sp³-hybridized carbons (Fsp3) is 0.0435. The summed E-state index contributed by atoms with van der Waals surface area (Å²) in [6, 6.07) is 16.9. The molecular formula is C23H18N4O4. The van der Waals surface area contributed by atoms with Crippen molar-refractivity contribution in [1.29, 1.82) is 0 Å². The number of anilines is 1. The maximum absolute atomic E-state index is 12.6. The lowest BCUT2D eigenvalue weighted by Gasteiger charge is -2.13. The van der Waals surface area contributed by atoms with Crippen LogP contribution in [0.4, 0.5) is 5.82 Å². The van der Waals surface area contributed by atoms with Crippen LogP contribution in [0.2, 0.25) is 0 Å². The minimum atomic E-state index is -0.414. The second-order valence-electron chi connectivity index (χ2n) is 7.23. The van der Waals surface area contributed by atoms with E-state index in [9.17, 15) is 15.0 Å². The lowest BCUT2D eigenvalue weighted by Crippen LogP contribution is -2.08. The van der Waals surface area contributed by atoms with Gasteiger partial charge in [-0.3, -0.25) is 4.79 Å². The molecule has 2 heterocycles. The Labute approximate surface area is 175 Å². The predicted octanol–water partition coefficient (Wildman–Crippen LogP) is 3.96. The van der Waals surface area contributed by atoms with Crippen molar-refractivity contribution in [2.75, 3.05) is 5.73 Å². The molecular weight excluding hydrogens is 396 g/mol. The molecule has 0 aliphatic heterocycles. The van der Waals surface area contributed by atoms with E-state index in [1.807, 2.05) is 25.1 Å². The van der Waals surface area contributed by atoms with E-state index in [0.29, 0.717) is 33.6 Å². The Kier molecular flexibility index (Phi) is 4.07. The number of phenols is 2. The molecule has 0 aliphatic rings. The van der Waals surface area contributed by atoms with Crippen LogP contribution in [0.3, 0.4) is 0 Å². The van der Waals surface area contributed by atoms with Gasteiger partial charge in [0.05, 0.1) is 11.2 Å². The standard InChI is InChI=1S/C23H18N4O4/c1-12-9-19(31-14-5-3-2-4-6-14)18(29)11-17(12)27-22(24)20-21(26-27)15-8-7-13(28)10-16(15)25-23(20)30/h2-11,28-29H,24H2,1H3,(H,25,30). The van der Waals surface area contributed by atoms with E-state index in [4.69, 9.17) is 10.5 Å². The summed E-state index contributed by atoms with van der Waals surface area (Å²) in [6.45, 7) is 1.83. The lowest BCUT2D eigenvalue weighted by atomic mass is 10.1. The van der Waals surface area contributed by atoms with Gasteiger partial charge in [-0.1, -0.05) is 18.2 Å². The average molecular weight is 414 g/mol. The second-order valence-corrected chi connectivity index (χ2v) is 7.23. The van der Waals surface area contributed by atoms with Crippen LogP contribution in [0.25, 0.3) is 27.5 Å². The van der Waals surface area contributed by atoms with Crippen LogP contribution in [0.1, 0.15) is 5.56 Å². The van der Waals surface area contributed by atoms with E-state index in [0.717, 1.165) is 5.56 Å². The molecule has 0 saturated heterocycles. The van der Waals surface area contributed by atoms with Crippen molar-refractivity contribution in [3.63, 3.8) is 0 Å². The third-order valence-corrected chi connectivity index (χ3v) is 5.13. The highest BCUT2D eigenvalue weighted by Gasteiger charge is 2.19. The van der Waals surface area contributed by atoms with Crippen molar-refractivity contribution in [1.82, 2.24) is 14.8 Å². The normalized spacial score (nSPS) is 11.3. The van der Waals surface area contributed by atoms with Crippen molar-refractivity contribution in [2.24, 2.45) is 0 Å². The van der Waals surface area contributed by atoms with Gasteiger partial charge >= 0.3 is 0 Å². The van der Waals surface area contributed by atoms with Gasteiger partial charge < -0.3 is 25.7 Å². The highest BCUT2D eigenvalue weighted by atomic mass is 16.5. The molecule has 0 unspecified atom stereocenters. The van der Waals surface area contributed by atoms with E-state index >= 15 is 0 Å². The number of aromatic nitrogens is 3. The molecule has 8 nitrogen and oxygen atoms in total. The third kappa shape index (κ3) is 3.01. The number of aromatic amines is 1. The number of benzene rings is 3. The summed E-state index contributed by atoms with van der Waals surface area (Å²) >= 11 is 0. The summed E-state index contributed by atoms with van der Waals surface area (Å²) in [5, 5.41) is 25.7. The van der Waals surface area contributed by atoms with E-state index in [-0.39, 0.29) is 22.7 Å². The van der Waals surface area contributed by atoms with E-state index in [1.165, 1.54) is 22.9 Å². The number of hydrogen-bond acceptors (Lipinski definition) is 6. The number of pyridine rings is 1. The van der Waals surface area contributed by atoms with Crippen LogP contribution in [0.15, 0.2) is 65.5 Å². The van der Waals surface area contributed by atoms with Crippen molar-refractivity contribution in [2.45, 2.75) is 6.92 Å². The summed E-state index contributed by atoms with van der Waals surface area (Å²) in [5.41, 5.74) is 7.98. The monoisotopic (exact) mass is 414 g/mol. The largest absolute Gasteiger partial charge is 0.508 e. The van der Waals surface area contributed by atoms with Gasteiger partial charge in [0, 0.05) is 17.5 Å². The van der Waals surface area contributed by atoms with Gasteiger partial charge in [0.25, 0.3) is 5.56 Å². The number of phenolic OH excluding ortho intramolecular Hbond substituents is 2. The molecule has 0 amide bonds. The molecule has 154 valence electrons. The van der Waals surface area contributed by atoms with E-state index in [2.05, 4.69) is 10.1 Å². The molecule has 5 rings (SSSR count). The van der Waals surface area contributed by atoms with Crippen LogP contribution in [0, 0.1) is 6.92 Å². The number of rotatable bonds is 3. The first-order valence-corrected chi connectivity index (χ1v) is 9.52. The number of fused-ring (bicyclic) bond motifs is 3. The van der Waals surface area contributed by atoms with Crippen molar-refractivity contribution in [3.8, 4) is 28.7 Å². The van der Waals surface area contributed by atoms with E-state index in [1.54, 1.807) is 24.3 Å². The molecule has 5 N–H and O–H groups in total. The quantitative estimate of drug-likeness (QED) is 0.354. The number of ether oxygens (including phenoxy) is 1. The minimum Gasteiger partial charge on any atom is -0.508 e. The van der Waals surface area contributed by atoms with Gasteiger partial charge in [-0.2, -0.15) is 5.10 Å². The van der Waals surface area contributed by atoms with Gasteiger partial charge in [-0.25, -0.2) is 4.68 Å². The smallest absolute Gasteiger partial charge is 0.261 e. The van der Waals surface area contributed by atoms with Crippen LogP contribution >= 0.6 is 0 Å². The Morgan fingerprint density at radius 1 is 1.06 bits per heavy atom.